The van der Waals surface area contributed by atoms with E-state index in [9.17, 15) is 5.11 Å². The van der Waals surface area contributed by atoms with Gasteiger partial charge in [-0.3, -0.25) is 4.90 Å². The van der Waals surface area contributed by atoms with E-state index in [0.29, 0.717) is 5.41 Å². The Kier molecular flexibility index (Phi) is 2.80. The molecule has 4 aliphatic carbocycles. The first-order valence-electron chi connectivity index (χ1n) is 8.53. The summed E-state index contributed by atoms with van der Waals surface area (Å²) < 4.78 is 0. The lowest BCUT2D eigenvalue weighted by Gasteiger charge is -2.60. The van der Waals surface area contributed by atoms with E-state index >= 15 is 0 Å². The topological polar surface area (TPSA) is 23.5 Å². The Hall–Kier alpha value is -0.0800. The molecule has 1 N–H and O–H groups in total. The highest BCUT2D eigenvalue weighted by Crippen LogP contribution is 2.60. The Morgan fingerprint density at radius 2 is 1.53 bits per heavy atom. The largest absolute Gasteiger partial charge is 0.387 e. The lowest BCUT2D eigenvalue weighted by molar-refractivity contribution is -0.140. The van der Waals surface area contributed by atoms with Crippen LogP contribution >= 0.6 is 0 Å². The SMILES string of the molecule is CCCC1(O)CN(CC23CC4CC(CC(C4)C2)C3)C1. The van der Waals surface area contributed by atoms with Crippen LogP contribution in [0.25, 0.3) is 0 Å². The van der Waals surface area contributed by atoms with Crippen molar-refractivity contribution in [3.63, 3.8) is 0 Å². The number of hydrogen-bond donors (Lipinski definition) is 1. The summed E-state index contributed by atoms with van der Waals surface area (Å²) in [4.78, 5) is 2.56. The fraction of sp³-hybridized carbons (Fsp3) is 1.00. The van der Waals surface area contributed by atoms with Gasteiger partial charge in [0, 0.05) is 19.6 Å². The Morgan fingerprint density at radius 1 is 1.00 bits per heavy atom. The maximum atomic E-state index is 10.4. The molecule has 108 valence electrons. The van der Waals surface area contributed by atoms with Gasteiger partial charge in [0.15, 0.2) is 0 Å². The number of hydrogen-bond acceptors (Lipinski definition) is 2. The highest BCUT2D eigenvalue weighted by molar-refractivity contribution is 5.05. The van der Waals surface area contributed by atoms with Crippen LogP contribution in [-0.2, 0) is 0 Å². The molecule has 5 aliphatic rings. The molecule has 0 radical (unpaired) electrons. The second-order valence-corrected chi connectivity index (χ2v) is 8.54. The van der Waals surface area contributed by atoms with Gasteiger partial charge in [-0.05, 0) is 68.1 Å². The first kappa shape index (κ1) is 12.6. The van der Waals surface area contributed by atoms with Crippen LogP contribution in [0, 0.1) is 23.2 Å². The summed E-state index contributed by atoms with van der Waals surface area (Å²) in [6.45, 7) is 5.37. The summed E-state index contributed by atoms with van der Waals surface area (Å²) in [5.41, 5.74) is 0.319. The van der Waals surface area contributed by atoms with E-state index < -0.39 is 0 Å². The van der Waals surface area contributed by atoms with E-state index in [1.165, 1.54) is 45.1 Å². The number of rotatable bonds is 4. The molecule has 0 aromatic heterocycles. The van der Waals surface area contributed by atoms with Crippen molar-refractivity contribution < 1.29 is 5.11 Å². The molecule has 0 spiro atoms. The predicted molar refractivity (Wildman–Crippen MR) is 76.9 cm³/mol. The van der Waals surface area contributed by atoms with Crippen molar-refractivity contribution in [2.45, 2.75) is 63.9 Å². The fourth-order valence-corrected chi connectivity index (χ4v) is 6.48. The lowest BCUT2D eigenvalue weighted by Crippen LogP contribution is -2.64. The van der Waals surface area contributed by atoms with Gasteiger partial charge in [0.05, 0.1) is 5.60 Å². The summed E-state index contributed by atoms with van der Waals surface area (Å²) in [5.74, 6) is 3.17. The molecule has 2 nitrogen and oxygen atoms in total. The summed E-state index contributed by atoms with van der Waals surface area (Å²) in [6.07, 6.45) is 11.2. The molecule has 4 saturated carbocycles. The Morgan fingerprint density at radius 3 is 2.00 bits per heavy atom. The van der Waals surface area contributed by atoms with Crippen LogP contribution in [0.1, 0.15) is 58.3 Å². The molecule has 4 bridgehead atoms. The van der Waals surface area contributed by atoms with Crippen LogP contribution in [0.4, 0.5) is 0 Å². The molecule has 19 heavy (non-hydrogen) atoms. The smallest absolute Gasteiger partial charge is 0.0900 e. The average Bonchev–Trinajstić information content (AvgIpc) is 2.24. The minimum atomic E-state index is -0.336. The van der Waals surface area contributed by atoms with Crippen LogP contribution in [0.3, 0.4) is 0 Å². The standard InChI is InChI=1S/C17H29NO/c1-2-3-17(19)11-18(12-17)10-16-7-13-4-14(8-16)6-15(5-13)9-16/h13-15,19H,2-12H2,1H3. The number of β-amino-alcohol motifs (C(OH)–C–C–N with tert-alkyl or cyclic N) is 1. The molecule has 0 unspecified atom stereocenters. The van der Waals surface area contributed by atoms with E-state index in [-0.39, 0.29) is 5.60 Å². The number of likely N-dealkylation sites (tertiary alicyclic amines) is 1. The van der Waals surface area contributed by atoms with Gasteiger partial charge in [0.2, 0.25) is 0 Å². The van der Waals surface area contributed by atoms with Crippen molar-refractivity contribution in [3.8, 4) is 0 Å². The van der Waals surface area contributed by atoms with E-state index in [1.54, 1.807) is 0 Å². The zero-order chi connectivity index (χ0) is 13.1. The molecule has 0 aromatic rings. The van der Waals surface area contributed by atoms with E-state index in [1.807, 2.05) is 0 Å². The summed E-state index contributed by atoms with van der Waals surface area (Å²) >= 11 is 0. The minimum Gasteiger partial charge on any atom is -0.387 e. The molecule has 0 amide bonds. The monoisotopic (exact) mass is 263 g/mol. The fourth-order valence-electron chi connectivity index (χ4n) is 6.48. The van der Waals surface area contributed by atoms with Crippen LogP contribution in [0.15, 0.2) is 0 Å². The van der Waals surface area contributed by atoms with E-state index in [2.05, 4.69) is 11.8 Å². The molecular formula is C17H29NO. The first-order chi connectivity index (χ1) is 9.08. The zero-order valence-corrected chi connectivity index (χ0v) is 12.4. The van der Waals surface area contributed by atoms with Crippen molar-refractivity contribution in [2.75, 3.05) is 19.6 Å². The van der Waals surface area contributed by atoms with Gasteiger partial charge in [-0.1, -0.05) is 13.3 Å². The summed E-state index contributed by atoms with van der Waals surface area (Å²) in [5, 5.41) is 10.4. The van der Waals surface area contributed by atoms with Gasteiger partial charge in [-0.2, -0.15) is 0 Å². The summed E-state index contributed by atoms with van der Waals surface area (Å²) in [6, 6.07) is 0. The quantitative estimate of drug-likeness (QED) is 0.842. The lowest BCUT2D eigenvalue weighted by atomic mass is 9.49. The van der Waals surface area contributed by atoms with Crippen molar-refractivity contribution in [2.24, 2.45) is 23.2 Å². The number of aliphatic hydroxyl groups is 1. The molecule has 1 heterocycles. The van der Waals surface area contributed by atoms with Crippen LogP contribution in [0.5, 0.6) is 0 Å². The van der Waals surface area contributed by atoms with Gasteiger partial charge >= 0.3 is 0 Å². The second kappa shape index (κ2) is 4.21. The van der Waals surface area contributed by atoms with E-state index in [0.717, 1.165) is 43.7 Å². The third kappa shape index (κ3) is 2.15. The molecule has 1 saturated heterocycles. The van der Waals surface area contributed by atoms with Gasteiger partial charge in [0.25, 0.3) is 0 Å². The van der Waals surface area contributed by atoms with Gasteiger partial charge in [-0.15, -0.1) is 0 Å². The molecule has 5 rings (SSSR count). The Labute approximate surface area is 117 Å². The van der Waals surface area contributed by atoms with E-state index in [4.69, 9.17) is 0 Å². The number of nitrogens with zero attached hydrogens (tertiary/aromatic N) is 1. The highest BCUT2D eigenvalue weighted by Gasteiger charge is 2.53. The zero-order valence-electron chi connectivity index (χ0n) is 12.4. The molecule has 1 aliphatic heterocycles. The Bertz CT molecular complexity index is 323. The molecule has 2 heteroatoms. The molecule has 5 fully saturated rings. The van der Waals surface area contributed by atoms with Gasteiger partial charge < -0.3 is 5.11 Å². The minimum absolute atomic E-state index is 0.336. The van der Waals surface area contributed by atoms with Crippen LogP contribution in [-0.4, -0.2) is 35.2 Å². The van der Waals surface area contributed by atoms with Crippen molar-refractivity contribution in [1.82, 2.24) is 4.90 Å². The first-order valence-corrected chi connectivity index (χ1v) is 8.53. The third-order valence-corrected chi connectivity index (χ3v) is 6.48. The third-order valence-electron chi connectivity index (χ3n) is 6.48. The maximum Gasteiger partial charge on any atom is 0.0900 e. The normalized spacial score (nSPS) is 47.4. The summed E-state index contributed by atoms with van der Waals surface area (Å²) in [7, 11) is 0. The Balaban J connectivity index is 1.39. The van der Waals surface area contributed by atoms with Gasteiger partial charge in [-0.25, -0.2) is 0 Å². The molecule has 0 atom stereocenters. The van der Waals surface area contributed by atoms with Crippen molar-refractivity contribution >= 4 is 0 Å². The van der Waals surface area contributed by atoms with Crippen molar-refractivity contribution in [3.05, 3.63) is 0 Å². The molecular weight excluding hydrogens is 234 g/mol. The average molecular weight is 263 g/mol. The second-order valence-electron chi connectivity index (χ2n) is 8.54. The highest BCUT2D eigenvalue weighted by atomic mass is 16.3. The van der Waals surface area contributed by atoms with Gasteiger partial charge in [0.1, 0.15) is 0 Å². The van der Waals surface area contributed by atoms with Crippen LogP contribution in [0.2, 0.25) is 0 Å². The van der Waals surface area contributed by atoms with Crippen molar-refractivity contribution in [1.29, 1.82) is 0 Å². The maximum absolute atomic E-state index is 10.4. The predicted octanol–water partition coefficient (Wildman–Crippen LogP) is 3.05. The van der Waals surface area contributed by atoms with Crippen LogP contribution < -0.4 is 0 Å². The molecule has 0 aromatic carbocycles.